The van der Waals surface area contributed by atoms with Crippen LogP contribution in [-0.4, -0.2) is 47.6 Å². The maximum absolute atomic E-state index is 12.5. The number of hydrogen-bond donors (Lipinski definition) is 2. The van der Waals surface area contributed by atoms with Crippen molar-refractivity contribution in [2.75, 3.05) is 32.9 Å². The Balaban J connectivity index is 1.52. The fourth-order valence-electron chi connectivity index (χ4n) is 4.18. The maximum atomic E-state index is 12.5. The van der Waals surface area contributed by atoms with Gasteiger partial charge in [-0.05, 0) is 66.9 Å². The molecule has 0 spiro atoms. The van der Waals surface area contributed by atoms with Crippen LogP contribution in [0.25, 0.3) is 21.5 Å². The van der Waals surface area contributed by atoms with Crippen molar-refractivity contribution < 1.29 is 18.1 Å². The quantitative estimate of drug-likeness (QED) is 0.205. The molecule has 0 saturated heterocycles. The van der Waals surface area contributed by atoms with Crippen molar-refractivity contribution in [3.05, 3.63) is 60.2 Å². The Bertz CT molecular complexity index is 972. The standard InChI is InChI=1S/C26H36N2O4Si/c1-4-30-33(31-5-2,32-6-3)17-11-16-27-20-26(29)28-19-25-23-14-9-7-12-21(23)18-22-13-8-10-15-24(22)25/h7-10,12-15,18,27H,4-6,11,16-17,19-20H2,1-3H3,(H,28,29). The summed E-state index contributed by atoms with van der Waals surface area (Å²) >= 11 is 0. The molecule has 0 heterocycles. The van der Waals surface area contributed by atoms with E-state index in [9.17, 15) is 4.79 Å². The van der Waals surface area contributed by atoms with Gasteiger partial charge < -0.3 is 23.9 Å². The number of rotatable bonds is 14. The molecule has 0 atom stereocenters. The molecule has 3 aromatic carbocycles. The van der Waals surface area contributed by atoms with Crippen molar-refractivity contribution in [1.82, 2.24) is 10.6 Å². The third-order valence-electron chi connectivity index (χ3n) is 5.56. The summed E-state index contributed by atoms with van der Waals surface area (Å²) in [5, 5.41) is 11.0. The van der Waals surface area contributed by atoms with Gasteiger partial charge in [-0.3, -0.25) is 4.79 Å². The van der Waals surface area contributed by atoms with Crippen LogP contribution in [0.4, 0.5) is 0 Å². The first-order valence-corrected chi connectivity index (χ1v) is 13.8. The SMILES string of the molecule is CCO[Si](CCCNCC(=O)NCc1c2ccccc2cc2ccccc12)(OCC)OCC. The summed E-state index contributed by atoms with van der Waals surface area (Å²) in [6, 6.07) is 19.6. The number of carbonyl (C=O) groups excluding carboxylic acids is 1. The zero-order chi connectivity index (χ0) is 23.5. The first kappa shape index (κ1) is 25.3. The molecule has 0 aliphatic rings. The number of benzene rings is 3. The molecule has 3 rings (SSSR count). The molecule has 6 nitrogen and oxygen atoms in total. The number of carbonyl (C=O) groups is 1. The lowest BCUT2D eigenvalue weighted by molar-refractivity contribution is -0.120. The summed E-state index contributed by atoms with van der Waals surface area (Å²) in [4.78, 5) is 12.5. The molecular weight excluding hydrogens is 432 g/mol. The van der Waals surface area contributed by atoms with Gasteiger partial charge in [-0.1, -0.05) is 48.5 Å². The van der Waals surface area contributed by atoms with Gasteiger partial charge in [0.15, 0.2) is 0 Å². The Labute approximate surface area is 198 Å². The van der Waals surface area contributed by atoms with E-state index in [-0.39, 0.29) is 12.5 Å². The molecule has 0 aromatic heterocycles. The molecule has 3 aromatic rings. The van der Waals surface area contributed by atoms with Crippen molar-refractivity contribution in [3.8, 4) is 0 Å². The van der Waals surface area contributed by atoms with Crippen LogP contribution in [-0.2, 0) is 24.6 Å². The predicted octanol–water partition coefficient (Wildman–Crippen LogP) is 4.64. The van der Waals surface area contributed by atoms with Crippen molar-refractivity contribution in [1.29, 1.82) is 0 Å². The van der Waals surface area contributed by atoms with Crippen LogP contribution in [0.3, 0.4) is 0 Å². The average molecular weight is 469 g/mol. The molecule has 0 unspecified atom stereocenters. The maximum Gasteiger partial charge on any atom is 0.500 e. The van der Waals surface area contributed by atoms with E-state index >= 15 is 0 Å². The highest BCUT2D eigenvalue weighted by Gasteiger charge is 2.39. The van der Waals surface area contributed by atoms with E-state index in [0.29, 0.717) is 32.9 Å². The molecule has 0 aliphatic carbocycles. The largest absolute Gasteiger partial charge is 0.500 e. The van der Waals surface area contributed by atoms with Gasteiger partial charge in [0, 0.05) is 32.4 Å². The molecular formula is C26H36N2O4Si. The Morgan fingerprint density at radius 1 is 0.848 bits per heavy atom. The van der Waals surface area contributed by atoms with Crippen molar-refractivity contribution in [2.24, 2.45) is 0 Å². The fourth-order valence-corrected chi connectivity index (χ4v) is 6.79. The lowest BCUT2D eigenvalue weighted by atomic mass is 9.97. The van der Waals surface area contributed by atoms with Gasteiger partial charge in [0.1, 0.15) is 0 Å². The number of nitrogens with one attached hydrogen (secondary N) is 2. The summed E-state index contributed by atoms with van der Waals surface area (Å²) in [5.41, 5.74) is 1.15. The van der Waals surface area contributed by atoms with Crippen LogP contribution in [0.15, 0.2) is 54.6 Å². The lowest BCUT2D eigenvalue weighted by Gasteiger charge is -2.28. The van der Waals surface area contributed by atoms with E-state index in [1.165, 1.54) is 21.5 Å². The minimum absolute atomic E-state index is 0.0186. The van der Waals surface area contributed by atoms with Gasteiger partial charge >= 0.3 is 8.80 Å². The highest BCUT2D eigenvalue weighted by molar-refractivity contribution is 6.60. The number of hydrogen-bond acceptors (Lipinski definition) is 5. The summed E-state index contributed by atoms with van der Waals surface area (Å²) in [5.74, 6) is -0.0186. The third-order valence-corrected chi connectivity index (χ3v) is 8.71. The first-order valence-electron chi connectivity index (χ1n) is 11.9. The highest BCUT2D eigenvalue weighted by Crippen LogP contribution is 2.28. The van der Waals surface area contributed by atoms with Gasteiger partial charge in [0.25, 0.3) is 0 Å². The van der Waals surface area contributed by atoms with Gasteiger partial charge in [-0.2, -0.15) is 0 Å². The van der Waals surface area contributed by atoms with Crippen molar-refractivity contribution in [3.63, 3.8) is 0 Å². The molecule has 0 aliphatic heterocycles. The highest BCUT2D eigenvalue weighted by atomic mass is 28.4. The van der Waals surface area contributed by atoms with Crippen LogP contribution in [0.1, 0.15) is 32.8 Å². The van der Waals surface area contributed by atoms with E-state index in [1.54, 1.807) is 0 Å². The Hall–Kier alpha value is -2.29. The number of fused-ring (bicyclic) bond motifs is 2. The predicted molar refractivity (Wildman–Crippen MR) is 136 cm³/mol. The van der Waals surface area contributed by atoms with E-state index in [1.807, 2.05) is 45.0 Å². The topological polar surface area (TPSA) is 68.8 Å². The Morgan fingerprint density at radius 2 is 1.39 bits per heavy atom. The minimum Gasteiger partial charge on any atom is -0.374 e. The third kappa shape index (κ3) is 6.85. The van der Waals surface area contributed by atoms with E-state index in [2.05, 4.69) is 41.0 Å². The molecule has 178 valence electrons. The van der Waals surface area contributed by atoms with Crippen LogP contribution in [0, 0.1) is 0 Å². The number of amides is 1. The van der Waals surface area contributed by atoms with Crippen LogP contribution >= 0.6 is 0 Å². The molecule has 1 amide bonds. The Morgan fingerprint density at radius 3 is 1.94 bits per heavy atom. The summed E-state index contributed by atoms with van der Waals surface area (Å²) in [7, 11) is -2.62. The summed E-state index contributed by atoms with van der Waals surface area (Å²) in [6.45, 7) is 9.07. The van der Waals surface area contributed by atoms with Crippen LogP contribution in [0.2, 0.25) is 6.04 Å². The van der Waals surface area contributed by atoms with Gasteiger partial charge in [-0.15, -0.1) is 0 Å². The monoisotopic (exact) mass is 468 g/mol. The minimum atomic E-state index is -2.62. The second-order valence-electron chi connectivity index (χ2n) is 7.84. The van der Waals surface area contributed by atoms with Crippen LogP contribution < -0.4 is 10.6 Å². The molecule has 0 fully saturated rings. The zero-order valence-corrected chi connectivity index (χ0v) is 21.0. The van der Waals surface area contributed by atoms with Crippen LogP contribution in [0.5, 0.6) is 0 Å². The van der Waals surface area contributed by atoms with E-state index < -0.39 is 8.80 Å². The molecule has 33 heavy (non-hydrogen) atoms. The Kier molecular flexibility index (Phi) is 9.84. The second kappa shape index (κ2) is 12.8. The lowest BCUT2D eigenvalue weighted by Crippen LogP contribution is -2.46. The first-order chi connectivity index (χ1) is 16.1. The molecule has 0 radical (unpaired) electrons. The van der Waals surface area contributed by atoms with Gasteiger partial charge in [-0.25, -0.2) is 0 Å². The second-order valence-corrected chi connectivity index (χ2v) is 10.6. The normalized spacial score (nSPS) is 11.8. The molecule has 7 heteroatoms. The van der Waals surface area contributed by atoms with Gasteiger partial charge in [0.2, 0.25) is 5.91 Å². The molecule has 0 saturated carbocycles. The summed E-state index contributed by atoms with van der Waals surface area (Å²) < 4.78 is 17.6. The average Bonchev–Trinajstić information content (AvgIpc) is 2.82. The van der Waals surface area contributed by atoms with Crippen molar-refractivity contribution >= 4 is 36.3 Å². The smallest absolute Gasteiger partial charge is 0.374 e. The zero-order valence-electron chi connectivity index (χ0n) is 20.0. The van der Waals surface area contributed by atoms with E-state index in [0.717, 1.165) is 18.0 Å². The fraction of sp³-hybridized carbons (Fsp3) is 0.423. The summed E-state index contributed by atoms with van der Waals surface area (Å²) in [6.07, 6.45) is 0.827. The van der Waals surface area contributed by atoms with E-state index in [4.69, 9.17) is 13.3 Å². The molecule has 2 N–H and O–H groups in total. The van der Waals surface area contributed by atoms with Gasteiger partial charge in [0.05, 0.1) is 6.54 Å². The molecule has 0 bridgehead atoms. The van der Waals surface area contributed by atoms with Crippen molar-refractivity contribution in [2.45, 2.75) is 39.8 Å².